The van der Waals surface area contributed by atoms with Gasteiger partial charge >= 0.3 is 0 Å². The molecular formula is C21H26N2O2S. The van der Waals surface area contributed by atoms with Crippen LogP contribution in [0.25, 0.3) is 0 Å². The number of benzene rings is 2. The van der Waals surface area contributed by atoms with Crippen molar-refractivity contribution in [3.63, 3.8) is 0 Å². The van der Waals surface area contributed by atoms with Crippen molar-refractivity contribution in [3.05, 3.63) is 65.7 Å². The van der Waals surface area contributed by atoms with Gasteiger partial charge in [-0.3, -0.25) is 4.79 Å². The van der Waals surface area contributed by atoms with E-state index in [-0.39, 0.29) is 11.3 Å². The van der Waals surface area contributed by atoms with Crippen LogP contribution < -0.4 is 0 Å². The van der Waals surface area contributed by atoms with Gasteiger partial charge in [-0.1, -0.05) is 51.1 Å². The molecule has 0 radical (unpaired) electrons. The molecule has 1 heterocycles. The zero-order valence-corrected chi connectivity index (χ0v) is 16.5. The van der Waals surface area contributed by atoms with E-state index in [2.05, 4.69) is 32.9 Å². The van der Waals surface area contributed by atoms with Crippen molar-refractivity contribution < 1.29 is 9.35 Å². The number of nitrogens with zero attached hydrogens (tertiary/aromatic N) is 2. The van der Waals surface area contributed by atoms with Crippen LogP contribution in [0.4, 0.5) is 0 Å². The summed E-state index contributed by atoms with van der Waals surface area (Å²) < 4.78 is 14.8. The maximum absolute atomic E-state index is 12.8. The van der Waals surface area contributed by atoms with Crippen LogP contribution in [0.5, 0.6) is 0 Å². The van der Waals surface area contributed by atoms with Gasteiger partial charge in [0.2, 0.25) is 0 Å². The van der Waals surface area contributed by atoms with Crippen LogP contribution in [0.15, 0.2) is 59.5 Å². The number of carbonyl (C=O) groups is 1. The number of hydrogen-bond donors (Lipinski definition) is 0. The van der Waals surface area contributed by atoms with Gasteiger partial charge in [0.1, 0.15) is 0 Å². The van der Waals surface area contributed by atoms with Gasteiger partial charge in [0.15, 0.2) is 4.90 Å². The number of rotatable bonds is 3. The molecule has 0 spiro atoms. The predicted molar refractivity (Wildman–Crippen MR) is 105 cm³/mol. The zero-order valence-electron chi connectivity index (χ0n) is 15.6. The van der Waals surface area contributed by atoms with Crippen LogP contribution in [-0.4, -0.2) is 45.8 Å². The monoisotopic (exact) mass is 370 g/mol. The predicted octanol–water partition coefficient (Wildman–Crippen LogP) is 3.46. The SMILES string of the molecule is CC(C)(C)c1ccc([S+]([O-])N2CCN(C(=O)c3ccccc3)CC2)cc1. The fourth-order valence-electron chi connectivity index (χ4n) is 3.04. The summed E-state index contributed by atoms with van der Waals surface area (Å²) in [6.45, 7) is 8.93. The minimum Gasteiger partial charge on any atom is -0.593 e. The van der Waals surface area contributed by atoms with Crippen LogP contribution in [-0.2, 0) is 16.8 Å². The Morgan fingerprint density at radius 1 is 0.923 bits per heavy atom. The summed E-state index contributed by atoms with van der Waals surface area (Å²) in [6, 6.07) is 17.4. The van der Waals surface area contributed by atoms with Crippen LogP contribution in [0.3, 0.4) is 0 Å². The number of hydrogen-bond acceptors (Lipinski definition) is 3. The molecule has 0 bridgehead atoms. The lowest BCUT2D eigenvalue weighted by Gasteiger charge is -2.34. The summed E-state index contributed by atoms with van der Waals surface area (Å²) in [5.74, 6) is 0.0468. The highest BCUT2D eigenvalue weighted by Crippen LogP contribution is 2.25. The fraction of sp³-hybridized carbons (Fsp3) is 0.381. The van der Waals surface area contributed by atoms with Crippen LogP contribution >= 0.6 is 0 Å². The molecule has 0 aliphatic carbocycles. The van der Waals surface area contributed by atoms with E-state index in [4.69, 9.17) is 0 Å². The Morgan fingerprint density at radius 2 is 1.50 bits per heavy atom. The van der Waals surface area contributed by atoms with Crippen LogP contribution in [0.2, 0.25) is 0 Å². The summed E-state index contributed by atoms with van der Waals surface area (Å²) in [5.41, 5.74) is 2.03. The zero-order chi connectivity index (χ0) is 18.7. The third-order valence-corrected chi connectivity index (χ3v) is 6.21. The lowest BCUT2D eigenvalue weighted by atomic mass is 9.87. The molecule has 1 atom stereocenters. The molecule has 1 aliphatic rings. The van der Waals surface area contributed by atoms with E-state index in [1.54, 1.807) is 0 Å². The Labute approximate surface area is 159 Å². The molecule has 1 unspecified atom stereocenters. The minimum absolute atomic E-state index is 0.0468. The topological polar surface area (TPSA) is 46.6 Å². The van der Waals surface area contributed by atoms with Crippen molar-refractivity contribution >= 4 is 17.3 Å². The normalized spacial score (nSPS) is 17.2. The minimum atomic E-state index is -1.18. The van der Waals surface area contributed by atoms with Gasteiger partial charge in [-0.2, -0.15) is 0 Å². The summed E-state index contributed by atoms with van der Waals surface area (Å²) in [5, 5.41) is 0. The highest BCUT2D eigenvalue weighted by molar-refractivity contribution is 7.89. The molecule has 1 saturated heterocycles. The van der Waals surface area contributed by atoms with Crippen molar-refractivity contribution in [1.29, 1.82) is 0 Å². The quantitative estimate of drug-likeness (QED) is 0.777. The summed E-state index contributed by atoms with van der Waals surface area (Å²) in [7, 11) is 0. The van der Waals surface area contributed by atoms with Gasteiger partial charge in [-0.15, -0.1) is 4.31 Å². The average Bonchev–Trinajstić information content (AvgIpc) is 2.67. The van der Waals surface area contributed by atoms with Crippen LogP contribution in [0.1, 0.15) is 36.7 Å². The highest BCUT2D eigenvalue weighted by atomic mass is 32.2. The lowest BCUT2D eigenvalue weighted by Crippen LogP contribution is -2.50. The third kappa shape index (κ3) is 4.29. The second-order valence-electron chi connectivity index (χ2n) is 7.61. The highest BCUT2D eigenvalue weighted by Gasteiger charge is 2.30. The Balaban J connectivity index is 1.60. The standard InChI is InChI=1S/C21H26N2O2S/c1-21(2,3)18-9-11-19(12-10-18)26(25)23-15-13-22(14-16-23)20(24)17-7-5-4-6-8-17/h4-12H,13-16H2,1-3H3. The molecule has 0 aromatic heterocycles. The first kappa shape index (κ1) is 19.0. The Bertz CT molecular complexity index is 733. The summed E-state index contributed by atoms with van der Waals surface area (Å²) in [4.78, 5) is 15.2. The van der Waals surface area contributed by atoms with E-state index in [1.807, 2.05) is 51.7 Å². The van der Waals surface area contributed by atoms with Gasteiger partial charge < -0.3 is 9.45 Å². The Hall–Kier alpha value is -1.82. The largest absolute Gasteiger partial charge is 0.593 e. The number of carbonyl (C=O) groups excluding carboxylic acids is 1. The van der Waals surface area contributed by atoms with E-state index in [1.165, 1.54) is 5.56 Å². The average molecular weight is 371 g/mol. The molecule has 0 saturated carbocycles. The van der Waals surface area contributed by atoms with Crippen molar-refractivity contribution in [2.45, 2.75) is 31.1 Å². The molecule has 1 fully saturated rings. The molecule has 2 aromatic rings. The molecule has 26 heavy (non-hydrogen) atoms. The van der Waals surface area contributed by atoms with E-state index >= 15 is 0 Å². The van der Waals surface area contributed by atoms with E-state index in [0.29, 0.717) is 31.7 Å². The Kier molecular flexibility index (Phi) is 5.70. The summed E-state index contributed by atoms with van der Waals surface area (Å²) in [6.07, 6.45) is 0. The molecule has 2 aromatic carbocycles. The first-order chi connectivity index (χ1) is 12.4. The number of piperazine rings is 1. The molecular weight excluding hydrogens is 344 g/mol. The fourth-order valence-corrected chi connectivity index (χ4v) is 4.20. The van der Waals surface area contributed by atoms with Crippen molar-refractivity contribution in [2.24, 2.45) is 0 Å². The maximum Gasteiger partial charge on any atom is 0.253 e. The second-order valence-corrected chi connectivity index (χ2v) is 9.10. The van der Waals surface area contributed by atoms with Crippen molar-refractivity contribution in [1.82, 2.24) is 9.21 Å². The molecule has 1 aliphatic heterocycles. The first-order valence-electron chi connectivity index (χ1n) is 8.98. The van der Waals surface area contributed by atoms with Crippen molar-refractivity contribution in [2.75, 3.05) is 26.2 Å². The van der Waals surface area contributed by atoms with Gasteiger partial charge in [0, 0.05) is 18.7 Å². The summed E-state index contributed by atoms with van der Waals surface area (Å²) >= 11 is -1.18. The third-order valence-electron chi connectivity index (χ3n) is 4.70. The van der Waals surface area contributed by atoms with E-state index in [9.17, 15) is 9.35 Å². The second kappa shape index (κ2) is 7.82. The van der Waals surface area contributed by atoms with Crippen LogP contribution in [0, 0.1) is 0 Å². The van der Waals surface area contributed by atoms with Gasteiger partial charge in [-0.25, -0.2) is 0 Å². The maximum atomic E-state index is 12.8. The van der Waals surface area contributed by atoms with Gasteiger partial charge in [0.25, 0.3) is 5.91 Å². The Morgan fingerprint density at radius 3 is 2.04 bits per heavy atom. The number of amides is 1. The van der Waals surface area contributed by atoms with E-state index < -0.39 is 11.4 Å². The molecule has 3 rings (SSSR count). The molecule has 5 heteroatoms. The van der Waals surface area contributed by atoms with Crippen molar-refractivity contribution in [3.8, 4) is 0 Å². The molecule has 0 N–H and O–H groups in total. The molecule has 4 nitrogen and oxygen atoms in total. The molecule has 1 amide bonds. The first-order valence-corrected chi connectivity index (χ1v) is 10.1. The van der Waals surface area contributed by atoms with Gasteiger partial charge in [0.05, 0.1) is 24.5 Å². The molecule has 138 valence electrons. The smallest absolute Gasteiger partial charge is 0.253 e. The van der Waals surface area contributed by atoms with Gasteiger partial charge in [-0.05, 0) is 35.2 Å². The van der Waals surface area contributed by atoms with E-state index in [0.717, 1.165) is 4.90 Å². The lowest BCUT2D eigenvalue weighted by molar-refractivity contribution is 0.0698.